The molecule has 0 spiro atoms. The smallest absolute Gasteiger partial charge is 0.147 e. The molecule has 6 aliphatic rings. The van der Waals surface area contributed by atoms with Crippen molar-refractivity contribution >= 4 is 11.5 Å². The summed E-state index contributed by atoms with van der Waals surface area (Å²) in [6.45, 7) is 13.1. The van der Waals surface area contributed by atoms with Crippen molar-refractivity contribution in [2.75, 3.05) is 13.4 Å². The average Bonchev–Trinajstić information content (AvgIpc) is 3.36. The second-order valence-corrected chi connectivity index (χ2v) is 14.8. The van der Waals surface area contributed by atoms with Crippen LogP contribution in [-0.4, -0.2) is 31.0 Å². The Kier molecular flexibility index (Phi) is 5.35. The highest BCUT2D eigenvalue weighted by Gasteiger charge is 2.71. The van der Waals surface area contributed by atoms with Crippen LogP contribution >= 0.6 is 0 Å². The molecule has 4 unspecified atom stereocenters. The molecule has 4 saturated carbocycles. The molecule has 0 aromatic carbocycles. The fraction of sp³-hybridized carbons (Fsp3) is 0.839. The lowest BCUT2D eigenvalue weighted by Gasteiger charge is -2.71. The van der Waals surface area contributed by atoms with Crippen LogP contribution in [0.3, 0.4) is 0 Å². The maximum atomic E-state index is 14.5. The number of ether oxygens (including phenoxy) is 2. The van der Waals surface area contributed by atoms with Crippen LogP contribution in [0.4, 0.5) is 0 Å². The lowest BCUT2D eigenvalue weighted by atomic mass is 9.32. The zero-order valence-electron chi connectivity index (χ0n) is 22.9. The molecule has 5 nitrogen and oxygen atoms in total. The highest BCUT2D eigenvalue weighted by Crippen LogP contribution is 2.75. The number of Topliss-reactive ketones (excluding diaryl/α,β-unsaturated/α-hetero) is 1. The lowest BCUT2D eigenvalue weighted by molar-refractivity contribution is -0.229. The van der Waals surface area contributed by atoms with Crippen LogP contribution in [0.1, 0.15) is 92.4 Å². The highest BCUT2D eigenvalue weighted by atomic mass is 16.7. The topological polar surface area (TPSA) is 83.2 Å². The van der Waals surface area contributed by atoms with E-state index in [1.54, 1.807) is 0 Å². The Morgan fingerprint density at radius 1 is 1.03 bits per heavy atom. The Hall–Kier alpha value is -1.51. The Bertz CT molecular complexity index is 1070. The van der Waals surface area contributed by atoms with Gasteiger partial charge in [-0.1, -0.05) is 40.7 Å². The number of allylic oxidation sites excluding steroid dienone is 2. The van der Waals surface area contributed by atoms with Crippen molar-refractivity contribution in [2.45, 2.75) is 98.5 Å². The van der Waals surface area contributed by atoms with Crippen LogP contribution < -0.4 is 0 Å². The Morgan fingerprint density at radius 2 is 1.78 bits per heavy atom. The molecule has 5 aliphatic carbocycles. The van der Waals surface area contributed by atoms with Crippen LogP contribution in [0.15, 0.2) is 11.6 Å². The van der Waals surface area contributed by atoms with Gasteiger partial charge in [0.15, 0.2) is 0 Å². The van der Waals surface area contributed by atoms with E-state index in [1.807, 2.05) is 0 Å². The summed E-state index contributed by atoms with van der Waals surface area (Å²) < 4.78 is 12.0. The molecule has 0 aromatic heterocycles. The van der Waals surface area contributed by atoms with E-state index in [1.165, 1.54) is 6.42 Å². The quantitative estimate of drug-likeness (QED) is 0.454. The fourth-order valence-electron chi connectivity index (χ4n) is 10.7. The van der Waals surface area contributed by atoms with E-state index in [0.29, 0.717) is 55.1 Å². The molecular formula is C31H44N2O3. The van der Waals surface area contributed by atoms with Crippen molar-refractivity contribution in [1.29, 1.82) is 10.7 Å². The van der Waals surface area contributed by atoms with Crippen molar-refractivity contribution in [3.05, 3.63) is 11.6 Å². The molecule has 196 valence electrons. The standard InChI is InChI=1S/C31H44N2O3/c1-27(2)8-10-31(25-17-35-18-36-25)11-9-30(5)26(21(31)15-27)23(34)13-24-28(3)14-19(16-32)22(33)12-20(28)6-7-29(24,30)4/h14,20-21,24-26,33H,6-13,15,17-18H2,1-5H3/t20?,21?,24-,25?,26?,28+,29-,30-,31+/m1/s1. The number of fused-ring (bicyclic) bond motifs is 7. The van der Waals surface area contributed by atoms with Gasteiger partial charge in [-0.2, -0.15) is 5.26 Å². The minimum Gasteiger partial charge on any atom is -0.353 e. The van der Waals surface area contributed by atoms with Crippen LogP contribution in [0, 0.1) is 67.5 Å². The first kappa shape index (κ1) is 24.8. The predicted octanol–water partition coefficient (Wildman–Crippen LogP) is 6.47. The van der Waals surface area contributed by atoms with Crippen molar-refractivity contribution in [2.24, 2.45) is 50.7 Å². The molecule has 1 aliphatic heterocycles. The Balaban J connectivity index is 1.45. The number of nitrogens with zero attached hydrogens (tertiary/aromatic N) is 1. The van der Waals surface area contributed by atoms with Gasteiger partial charge in [-0.15, -0.1) is 0 Å². The van der Waals surface area contributed by atoms with Crippen LogP contribution in [0.25, 0.3) is 0 Å². The minimum absolute atomic E-state index is 0.0359. The summed E-state index contributed by atoms with van der Waals surface area (Å²) in [5.41, 5.74) is 1.08. The fourth-order valence-corrected chi connectivity index (χ4v) is 10.7. The summed E-state index contributed by atoms with van der Waals surface area (Å²) >= 11 is 0. The van der Waals surface area contributed by atoms with Gasteiger partial charge in [0.05, 0.1) is 18.3 Å². The van der Waals surface area contributed by atoms with Crippen LogP contribution in [0.5, 0.6) is 0 Å². The third kappa shape index (κ3) is 3.07. The molecule has 1 saturated heterocycles. The van der Waals surface area contributed by atoms with Crippen molar-refractivity contribution in [3.8, 4) is 6.07 Å². The molecule has 5 heteroatoms. The average molecular weight is 493 g/mol. The number of hydrogen-bond donors (Lipinski definition) is 1. The molecule has 1 N–H and O–H groups in total. The van der Waals surface area contributed by atoms with Gasteiger partial charge in [-0.3, -0.25) is 4.79 Å². The molecule has 0 bridgehead atoms. The third-order valence-electron chi connectivity index (χ3n) is 13.1. The van der Waals surface area contributed by atoms with E-state index >= 15 is 0 Å². The summed E-state index contributed by atoms with van der Waals surface area (Å²) in [5.74, 6) is 1.45. The van der Waals surface area contributed by atoms with Gasteiger partial charge in [0.25, 0.3) is 0 Å². The van der Waals surface area contributed by atoms with Crippen molar-refractivity contribution in [1.82, 2.24) is 0 Å². The summed E-state index contributed by atoms with van der Waals surface area (Å²) in [7, 11) is 0. The molecular weight excluding hydrogens is 448 g/mol. The van der Waals surface area contributed by atoms with E-state index in [4.69, 9.17) is 14.9 Å². The van der Waals surface area contributed by atoms with E-state index in [2.05, 4.69) is 46.8 Å². The molecule has 36 heavy (non-hydrogen) atoms. The van der Waals surface area contributed by atoms with Crippen molar-refractivity contribution in [3.63, 3.8) is 0 Å². The number of nitriles is 1. The molecule has 0 aromatic rings. The number of carbonyl (C=O) groups excluding carboxylic acids is 1. The van der Waals surface area contributed by atoms with Crippen molar-refractivity contribution < 1.29 is 14.3 Å². The van der Waals surface area contributed by atoms with E-state index < -0.39 is 0 Å². The van der Waals surface area contributed by atoms with E-state index in [0.717, 1.165) is 38.5 Å². The second kappa shape index (κ2) is 7.76. The van der Waals surface area contributed by atoms with Gasteiger partial charge in [-0.25, -0.2) is 0 Å². The zero-order chi connectivity index (χ0) is 25.7. The normalized spacial score (nSPS) is 51.8. The maximum Gasteiger partial charge on any atom is 0.147 e. The van der Waals surface area contributed by atoms with E-state index in [-0.39, 0.29) is 45.0 Å². The first-order valence-electron chi connectivity index (χ1n) is 14.3. The lowest BCUT2D eigenvalue weighted by Crippen LogP contribution is -2.68. The van der Waals surface area contributed by atoms with Crippen LogP contribution in [0.2, 0.25) is 0 Å². The number of carbonyl (C=O) groups is 1. The summed E-state index contributed by atoms with van der Waals surface area (Å²) in [6.07, 6.45) is 11.3. The third-order valence-corrected chi connectivity index (χ3v) is 13.1. The second-order valence-electron chi connectivity index (χ2n) is 14.8. The largest absolute Gasteiger partial charge is 0.353 e. The first-order chi connectivity index (χ1) is 16.9. The SMILES string of the molecule is CC1(C)CC[C@]2(C3COCO3)CC[C@]3(C)C(C(=O)C[C@@H]4[C@@]5(C)C=C(C#N)C(=N)CC5CC[C@]43C)C2C1. The summed E-state index contributed by atoms with van der Waals surface area (Å²) in [6, 6.07) is 2.31. The Morgan fingerprint density at radius 3 is 2.47 bits per heavy atom. The summed E-state index contributed by atoms with van der Waals surface area (Å²) in [4.78, 5) is 14.5. The minimum atomic E-state index is -0.199. The summed E-state index contributed by atoms with van der Waals surface area (Å²) in [5, 5.41) is 18.2. The van der Waals surface area contributed by atoms with Gasteiger partial charge in [0.2, 0.25) is 0 Å². The number of rotatable bonds is 1. The van der Waals surface area contributed by atoms with Gasteiger partial charge in [-0.05, 0) is 90.8 Å². The first-order valence-corrected chi connectivity index (χ1v) is 14.3. The molecule has 0 radical (unpaired) electrons. The number of hydrogen-bond acceptors (Lipinski definition) is 5. The molecule has 0 amide bonds. The molecule has 1 heterocycles. The number of ketones is 1. The van der Waals surface area contributed by atoms with Gasteiger partial charge in [0.1, 0.15) is 18.6 Å². The molecule has 6 rings (SSSR count). The van der Waals surface area contributed by atoms with Gasteiger partial charge >= 0.3 is 0 Å². The van der Waals surface area contributed by atoms with E-state index in [9.17, 15) is 10.1 Å². The monoisotopic (exact) mass is 492 g/mol. The maximum absolute atomic E-state index is 14.5. The highest BCUT2D eigenvalue weighted by molar-refractivity contribution is 6.02. The zero-order valence-corrected chi connectivity index (χ0v) is 22.9. The van der Waals surface area contributed by atoms with Gasteiger partial charge < -0.3 is 14.9 Å². The van der Waals surface area contributed by atoms with Crippen LogP contribution in [-0.2, 0) is 14.3 Å². The Labute approximate surface area is 216 Å². The molecule has 9 atom stereocenters. The predicted molar refractivity (Wildman–Crippen MR) is 138 cm³/mol. The van der Waals surface area contributed by atoms with Gasteiger partial charge in [0, 0.05) is 23.5 Å². The molecule has 5 fully saturated rings. The number of nitrogens with one attached hydrogen (secondary N) is 1.